The van der Waals surface area contributed by atoms with Gasteiger partial charge < -0.3 is 4.74 Å². The first-order valence-electron chi connectivity index (χ1n) is 8.31. The van der Waals surface area contributed by atoms with E-state index in [0.29, 0.717) is 0 Å². The molecule has 0 saturated heterocycles. The molecule has 2 atom stereocenters. The molecule has 1 aliphatic heterocycles. The molecule has 0 aromatic carbocycles. The summed E-state index contributed by atoms with van der Waals surface area (Å²) in [4.78, 5) is 23.0. The standard InChI is InChI=1S/C17H24O4/c1-11-2-3-15(21-20-11)10-19-16(18)17-7-12-4-13(8-17)6-14(5-12)9-17/h2-3,11-15H,4-10H2,1H3/t11-,12?,13?,14?,15-,17?/m1/s1. The molecule has 1 heterocycles. The van der Waals surface area contributed by atoms with Gasteiger partial charge in [0, 0.05) is 0 Å². The Morgan fingerprint density at radius 1 is 1.10 bits per heavy atom. The van der Waals surface area contributed by atoms with Crippen molar-refractivity contribution < 1.29 is 19.3 Å². The van der Waals surface area contributed by atoms with E-state index in [4.69, 9.17) is 14.5 Å². The molecule has 116 valence electrons. The van der Waals surface area contributed by atoms with Gasteiger partial charge in [-0.3, -0.25) is 4.79 Å². The molecular formula is C17H24O4. The van der Waals surface area contributed by atoms with Crippen LogP contribution in [-0.2, 0) is 19.3 Å². The largest absolute Gasteiger partial charge is 0.462 e. The fraction of sp³-hybridized carbons (Fsp3) is 0.824. The van der Waals surface area contributed by atoms with Gasteiger partial charge in [-0.05, 0) is 63.2 Å². The summed E-state index contributed by atoms with van der Waals surface area (Å²) < 4.78 is 5.61. The Kier molecular flexibility index (Phi) is 3.34. The van der Waals surface area contributed by atoms with Gasteiger partial charge in [0.25, 0.3) is 0 Å². The van der Waals surface area contributed by atoms with Crippen LogP contribution in [0.4, 0.5) is 0 Å². The van der Waals surface area contributed by atoms with Crippen molar-refractivity contribution in [2.75, 3.05) is 6.61 Å². The molecule has 4 aliphatic carbocycles. The number of carbonyl (C=O) groups excluding carboxylic acids is 1. The molecule has 4 saturated carbocycles. The Labute approximate surface area is 125 Å². The van der Waals surface area contributed by atoms with Crippen LogP contribution in [0.2, 0.25) is 0 Å². The Bertz CT molecular complexity index is 420. The van der Waals surface area contributed by atoms with Gasteiger partial charge in [-0.15, -0.1) is 0 Å². The van der Waals surface area contributed by atoms with Gasteiger partial charge >= 0.3 is 5.97 Å². The zero-order chi connectivity index (χ0) is 14.4. The topological polar surface area (TPSA) is 44.8 Å². The van der Waals surface area contributed by atoms with Gasteiger partial charge in [0.1, 0.15) is 18.8 Å². The van der Waals surface area contributed by atoms with E-state index in [-0.39, 0.29) is 30.2 Å². The molecule has 21 heavy (non-hydrogen) atoms. The minimum atomic E-state index is -0.265. The predicted molar refractivity (Wildman–Crippen MR) is 76.1 cm³/mol. The van der Waals surface area contributed by atoms with Crippen molar-refractivity contribution in [2.24, 2.45) is 23.2 Å². The molecule has 0 aromatic heterocycles. The highest BCUT2D eigenvalue weighted by molar-refractivity contribution is 5.77. The lowest BCUT2D eigenvalue weighted by Crippen LogP contribution is -2.50. The maximum atomic E-state index is 12.7. The highest BCUT2D eigenvalue weighted by Crippen LogP contribution is 2.60. The third-order valence-corrected chi connectivity index (χ3v) is 5.78. The molecule has 4 nitrogen and oxygen atoms in total. The van der Waals surface area contributed by atoms with Gasteiger partial charge in [-0.1, -0.05) is 12.2 Å². The number of ether oxygens (including phenoxy) is 1. The summed E-state index contributed by atoms with van der Waals surface area (Å²) in [6, 6.07) is 0. The van der Waals surface area contributed by atoms with Crippen molar-refractivity contribution in [1.82, 2.24) is 0 Å². The smallest absolute Gasteiger partial charge is 0.312 e. The molecule has 4 heteroatoms. The van der Waals surface area contributed by atoms with Crippen molar-refractivity contribution in [3.63, 3.8) is 0 Å². The maximum Gasteiger partial charge on any atom is 0.312 e. The molecule has 4 bridgehead atoms. The lowest BCUT2D eigenvalue weighted by Gasteiger charge is -2.55. The van der Waals surface area contributed by atoms with E-state index in [0.717, 1.165) is 37.0 Å². The van der Waals surface area contributed by atoms with Crippen molar-refractivity contribution in [3.8, 4) is 0 Å². The quantitative estimate of drug-likeness (QED) is 0.456. The first-order valence-corrected chi connectivity index (χ1v) is 8.31. The summed E-state index contributed by atoms with van der Waals surface area (Å²) in [6.07, 6.45) is 10.7. The zero-order valence-corrected chi connectivity index (χ0v) is 12.6. The van der Waals surface area contributed by atoms with E-state index in [1.165, 1.54) is 19.3 Å². The first kappa shape index (κ1) is 13.8. The summed E-state index contributed by atoms with van der Waals surface area (Å²) in [6.45, 7) is 2.18. The molecule has 0 unspecified atom stereocenters. The molecule has 0 aromatic rings. The van der Waals surface area contributed by atoms with Crippen LogP contribution in [-0.4, -0.2) is 24.8 Å². The summed E-state index contributed by atoms with van der Waals surface area (Å²) in [5.74, 6) is 2.30. The monoisotopic (exact) mass is 292 g/mol. The Hall–Kier alpha value is -0.870. The maximum absolute atomic E-state index is 12.7. The SMILES string of the molecule is C[C@@H]1C=C[C@H](COC(=O)C23CC4CC(CC(C4)C2)C3)OO1. The Morgan fingerprint density at radius 3 is 2.24 bits per heavy atom. The average Bonchev–Trinajstić information content (AvgIpc) is 2.45. The van der Waals surface area contributed by atoms with E-state index in [9.17, 15) is 4.79 Å². The van der Waals surface area contributed by atoms with E-state index >= 15 is 0 Å². The normalized spacial score (nSPS) is 47.6. The number of esters is 1. The summed E-state index contributed by atoms with van der Waals surface area (Å²) in [5, 5.41) is 0. The second-order valence-electron chi connectivity index (χ2n) is 7.62. The van der Waals surface area contributed by atoms with Gasteiger partial charge in [0.05, 0.1) is 5.41 Å². The molecule has 0 spiro atoms. The second kappa shape index (κ2) is 5.10. The summed E-state index contributed by atoms with van der Waals surface area (Å²) in [7, 11) is 0. The molecule has 5 rings (SSSR count). The number of rotatable bonds is 3. The van der Waals surface area contributed by atoms with E-state index in [2.05, 4.69) is 0 Å². The van der Waals surface area contributed by atoms with Crippen molar-refractivity contribution in [2.45, 2.75) is 57.7 Å². The highest BCUT2D eigenvalue weighted by Gasteiger charge is 2.55. The highest BCUT2D eigenvalue weighted by atomic mass is 17.2. The van der Waals surface area contributed by atoms with Crippen molar-refractivity contribution in [3.05, 3.63) is 12.2 Å². The molecule has 0 radical (unpaired) electrons. The van der Waals surface area contributed by atoms with E-state index < -0.39 is 0 Å². The average molecular weight is 292 g/mol. The van der Waals surface area contributed by atoms with Crippen LogP contribution < -0.4 is 0 Å². The van der Waals surface area contributed by atoms with Gasteiger partial charge in [-0.2, -0.15) is 0 Å². The molecule has 5 aliphatic rings. The van der Waals surface area contributed by atoms with E-state index in [1.54, 1.807) is 0 Å². The minimum absolute atomic E-state index is 0.0113. The number of carbonyl (C=O) groups is 1. The van der Waals surface area contributed by atoms with Crippen LogP contribution in [0.1, 0.15) is 45.4 Å². The molecule has 0 amide bonds. The molecular weight excluding hydrogens is 268 g/mol. The third kappa shape index (κ3) is 2.53. The van der Waals surface area contributed by atoms with Crippen LogP contribution in [0.3, 0.4) is 0 Å². The van der Waals surface area contributed by atoms with Crippen molar-refractivity contribution in [1.29, 1.82) is 0 Å². The second-order valence-corrected chi connectivity index (χ2v) is 7.62. The van der Waals surface area contributed by atoms with Crippen LogP contribution in [0, 0.1) is 23.2 Å². The Balaban J connectivity index is 1.38. The van der Waals surface area contributed by atoms with Gasteiger partial charge in [-0.25, -0.2) is 9.78 Å². The van der Waals surface area contributed by atoms with Crippen LogP contribution >= 0.6 is 0 Å². The lowest BCUT2D eigenvalue weighted by molar-refractivity contribution is -0.340. The number of hydrogen-bond acceptors (Lipinski definition) is 4. The van der Waals surface area contributed by atoms with Crippen LogP contribution in [0.5, 0.6) is 0 Å². The van der Waals surface area contributed by atoms with E-state index in [1.807, 2.05) is 19.1 Å². The van der Waals surface area contributed by atoms with Crippen molar-refractivity contribution >= 4 is 5.97 Å². The lowest BCUT2D eigenvalue weighted by atomic mass is 9.49. The van der Waals surface area contributed by atoms with Crippen LogP contribution in [0.25, 0.3) is 0 Å². The summed E-state index contributed by atoms with van der Waals surface area (Å²) in [5.41, 5.74) is -0.179. The third-order valence-electron chi connectivity index (χ3n) is 5.78. The predicted octanol–water partition coefficient (Wildman–Crippen LogP) is 3.02. The van der Waals surface area contributed by atoms with Crippen LogP contribution in [0.15, 0.2) is 12.2 Å². The zero-order valence-electron chi connectivity index (χ0n) is 12.6. The minimum Gasteiger partial charge on any atom is -0.462 e. The Morgan fingerprint density at radius 2 is 1.71 bits per heavy atom. The van der Waals surface area contributed by atoms with Gasteiger partial charge in [0.15, 0.2) is 0 Å². The number of hydrogen-bond donors (Lipinski definition) is 0. The molecule has 4 fully saturated rings. The molecule has 0 N–H and O–H groups in total. The first-order chi connectivity index (χ1) is 10.1. The fourth-order valence-electron chi connectivity index (χ4n) is 5.26. The summed E-state index contributed by atoms with van der Waals surface area (Å²) >= 11 is 0. The van der Waals surface area contributed by atoms with Gasteiger partial charge in [0.2, 0.25) is 0 Å². The fourth-order valence-corrected chi connectivity index (χ4v) is 5.26.